The van der Waals surface area contributed by atoms with Gasteiger partial charge in [-0.1, -0.05) is 0 Å². The fraction of sp³-hybridized carbons (Fsp3) is 0.636. The summed E-state index contributed by atoms with van der Waals surface area (Å²) in [6, 6.07) is 2.71. The Morgan fingerprint density at radius 3 is 3.00 bits per heavy atom. The molecule has 1 atom stereocenters. The smallest absolute Gasteiger partial charge is 0.0300 e. The van der Waals surface area contributed by atoms with E-state index >= 15 is 0 Å². The van der Waals surface area contributed by atoms with Gasteiger partial charge in [-0.2, -0.15) is 23.1 Å². The molecule has 0 spiro atoms. The van der Waals surface area contributed by atoms with E-state index in [0.717, 1.165) is 6.54 Å². The highest BCUT2D eigenvalue weighted by Gasteiger charge is 2.03. The number of thioether (sulfide) groups is 1. The van der Waals surface area contributed by atoms with Gasteiger partial charge in [0, 0.05) is 6.04 Å². The van der Waals surface area contributed by atoms with Crippen molar-refractivity contribution in [2.75, 3.05) is 18.6 Å². The zero-order valence-electron chi connectivity index (χ0n) is 8.95. The summed E-state index contributed by atoms with van der Waals surface area (Å²) in [4.78, 5) is 0. The first-order chi connectivity index (χ1) is 6.84. The number of thiophene rings is 1. The van der Waals surface area contributed by atoms with Gasteiger partial charge in [0.2, 0.25) is 0 Å². The minimum absolute atomic E-state index is 0.510. The van der Waals surface area contributed by atoms with Gasteiger partial charge >= 0.3 is 0 Å². The standard InChI is InChI=1S/C11H19NS2/c1-10(11-5-8-14-9-11)12-6-3-4-7-13-2/h5,8-10,12H,3-4,6-7H2,1-2H3. The van der Waals surface area contributed by atoms with Gasteiger partial charge in [-0.25, -0.2) is 0 Å². The predicted octanol–water partition coefficient (Wildman–Crippen LogP) is 3.54. The van der Waals surface area contributed by atoms with Crippen molar-refractivity contribution in [2.45, 2.75) is 25.8 Å². The van der Waals surface area contributed by atoms with E-state index in [9.17, 15) is 0 Å². The van der Waals surface area contributed by atoms with Crippen LogP contribution in [-0.4, -0.2) is 18.6 Å². The average molecular weight is 229 g/mol. The Morgan fingerprint density at radius 1 is 1.50 bits per heavy atom. The highest BCUT2D eigenvalue weighted by atomic mass is 32.2. The number of rotatable bonds is 7. The van der Waals surface area contributed by atoms with Crippen molar-refractivity contribution < 1.29 is 0 Å². The van der Waals surface area contributed by atoms with E-state index in [-0.39, 0.29) is 0 Å². The van der Waals surface area contributed by atoms with Crippen LogP contribution in [0.15, 0.2) is 16.8 Å². The molecule has 0 aliphatic rings. The summed E-state index contributed by atoms with van der Waals surface area (Å²) in [6.07, 6.45) is 4.78. The molecule has 1 N–H and O–H groups in total. The van der Waals surface area contributed by atoms with Crippen LogP contribution in [0.4, 0.5) is 0 Å². The summed E-state index contributed by atoms with van der Waals surface area (Å²) in [6.45, 7) is 3.37. The lowest BCUT2D eigenvalue weighted by Gasteiger charge is -2.11. The van der Waals surface area contributed by atoms with Crippen LogP contribution < -0.4 is 5.32 Å². The lowest BCUT2D eigenvalue weighted by atomic mass is 10.2. The zero-order chi connectivity index (χ0) is 10.2. The van der Waals surface area contributed by atoms with E-state index in [4.69, 9.17) is 0 Å². The fourth-order valence-corrected chi connectivity index (χ4v) is 2.58. The molecule has 0 aliphatic heterocycles. The molecule has 80 valence electrons. The molecule has 1 aromatic heterocycles. The maximum absolute atomic E-state index is 3.54. The van der Waals surface area contributed by atoms with Gasteiger partial charge in [-0.05, 0) is 60.7 Å². The monoisotopic (exact) mass is 229 g/mol. The van der Waals surface area contributed by atoms with Gasteiger partial charge < -0.3 is 5.32 Å². The number of nitrogens with one attached hydrogen (secondary N) is 1. The van der Waals surface area contributed by atoms with Crippen LogP contribution in [0.5, 0.6) is 0 Å². The molecule has 0 amide bonds. The van der Waals surface area contributed by atoms with Crippen LogP contribution in [0.3, 0.4) is 0 Å². The van der Waals surface area contributed by atoms with Crippen molar-refractivity contribution in [3.8, 4) is 0 Å². The van der Waals surface area contributed by atoms with Crippen molar-refractivity contribution >= 4 is 23.1 Å². The van der Waals surface area contributed by atoms with E-state index in [1.165, 1.54) is 24.2 Å². The lowest BCUT2D eigenvalue weighted by Crippen LogP contribution is -2.19. The van der Waals surface area contributed by atoms with Crippen molar-refractivity contribution in [3.63, 3.8) is 0 Å². The van der Waals surface area contributed by atoms with Crippen LogP contribution in [-0.2, 0) is 0 Å². The molecule has 0 aromatic carbocycles. The predicted molar refractivity (Wildman–Crippen MR) is 68.4 cm³/mol. The average Bonchev–Trinajstić information content (AvgIpc) is 2.70. The minimum Gasteiger partial charge on any atom is -0.310 e. The first-order valence-electron chi connectivity index (χ1n) is 5.09. The highest BCUT2D eigenvalue weighted by Crippen LogP contribution is 2.15. The molecule has 1 unspecified atom stereocenters. The molecule has 0 saturated carbocycles. The Kier molecular flexibility index (Phi) is 6.32. The fourth-order valence-electron chi connectivity index (χ4n) is 1.33. The summed E-state index contributed by atoms with van der Waals surface area (Å²) >= 11 is 3.70. The van der Waals surface area contributed by atoms with Crippen LogP contribution in [0, 0.1) is 0 Å². The van der Waals surface area contributed by atoms with Crippen LogP contribution >= 0.6 is 23.1 Å². The third-order valence-electron chi connectivity index (χ3n) is 2.27. The Morgan fingerprint density at radius 2 is 2.36 bits per heavy atom. The third-order valence-corrected chi connectivity index (χ3v) is 3.67. The van der Waals surface area contributed by atoms with Crippen LogP contribution in [0.25, 0.3) is 0 Å². The summed E-state index contributed by atoms with van der Waals surface area (Å²) < 4.78 is 0. The molecule has 1 nitrogen and oxygen atoms in total. The maximum Gasteiger partial charge on any atom is 0.0300 e. The second kappa shape index (κ2) is 7.32. The minimum atomic E-state index is 0.510. The lowest BCUT2D eigenvalue weighted by molar-refractivity contribution is 0.557. The molecule has 0 bridgehead atoms. The summed E-state index contributed by atoms with van der Waals surface area (Å²) in [5.41, 5.74) is 1.42. The molecule has 0 saturated heterocycles. The molecule has 1 aromatic rings. The van der Waals surface area contributed by atoms with Gasteiger partial charge in [0.15, 0.2) is 0 Å². The Hall–Kier alpha value is 0.01000. The number of hydrogen-bond acceptors (Lipinski definition) is 3. The maximum atomic E-state index is 3.54. The molecule has 3 heteroatoms. The zero-order valence-corrected chi connectivity index (χ0v) is 10.6. The van der Waals surface area contributed by atoms with Crippen molar-refractivity contribution in [1.82, 2.24) is 5.32 Å². The topological polar surface area (TPSA) is 12.0 Å². The van der Waals surface area contributed by atoms with E-state index in [1.54, 1.807) is 11.3 Å². The Balaban J connectivity index is 2.07. The van der Waals surface area contributed by atoms with Crippen LogP contribution in [0.1, 0.15) is 31.4 Å². The summed E-state index contributed by atoms with van der Waals surface area (Å²) in [5.74, 6) is 1.29. The summed E-state index contributed by atoms with van der Waals surface area (Å²) in [7, 11) is 0. The largest absolute Gasteiger partial charge is 0.310 e. The normalized spacial score (nSPS) is 13.0. The molecule has 1 heterocycles. The van der Waals surface area contributed by atoms with Crippen molar-refractivity contribution in [3.05, 3.63) is 22.4 Å². The second-order valence-corrected chi connectivity index (χ2v) is 5.20. The summed E-state index contributed by atoms with van der Waals surface area (Å²) in [5, 5.41) is 7.90. The highest BCUT2D eigenvalue weighted by molar-refractivity contribution is 7.98. The molecule has 0 aliphatic carbocycles. The van der Waals surface area contributed by atoms with Crippen molar-refractivity contribution in [1.29, 1.82) is 0 Å². The molecule has 14 heavy (non-hydrogen) atoms. The molecule has 0 radical (unpaired) electrons. The first-order valence-corrected chi connectivity index (χ1v) is 7.42. The quantitative estimate of drug-likeness (QED) is 0.718. The Labute approximate surface area is 95.3 Å². The first kappa shape index (κ1) is 12.1. The van der Waals surface area contributed by atoms with Gasteiger partial charge in [-0.3, -0.25) is 0 Å². The van der Waals surface area contributed by atoms with Gasteiger partial charge in [0.05, 0.1) is 0 Å². The van der Waals surface area contributed by atoms with Crippen molar-refractivity contribution in [2.24, 2.45) is 0 Å². The number of hydrogen-bond donors (Lipinski definition) is 1. The van der Waals surface area contributed by atoms with E-state index in [1.807, 2.05) is 11.8 Å². The van der Waals surface area contributed by atoms with Crippen LogP contribution in [0.2, 0.25) is 0 Å². The molecular formula is C11H19NS2. The second-order valence-electron chi connectivity index (χ2n) is 3.43. The third kappa shape index (κ3) is 4.49. The SMILES string of the molecule is CSCCCCNC(C)c1ccsc1. The van der Waals surface area contributed by atoms with E-state index in [0.29, 0.717) is 6.04 Å². The molecular weight excluding hydrogens is 210 g/mol. The molecule has 0 fully saturated rings. The van der Waals surface area contributed by atoms with Gasteiger partial charge in [-0.15, -0.1) is 0 Å². The molecule has 1 rings (SSSR count). The van der Waals surface area contributed by atoms with E-state index < -0.39 is 0 Å². The Bertz CT molecular complexity index is 221. The van der Waals surface area contributed by atoms with Gasteiger partial charge in [0.25, 0.3) is 0 Å². The van der Waals surface area contributed by atoms with Gasteiger partial charge in [0.1, 0.15) is 0 Å². The number of unbranched alkanes of at least 4 members (excludes halogenated alkanes) is 1. The van der Waals surface area contributed by atoms with E-state index in [2.05, 4.69) is 35.3 Å².